The van der Waals surface area contributed by atoms with Crippen LogP contribution in [0.2, 0.25) is 0 Å². The van der Waals surface area contributed by atoms with Crippen LogP contribution < -0.4 is 0 Å². The molecule has 0 saturated carbocycles. The Morgan fingerprint density at radius 2 is 0.882 bits per heavy atom. The lowest BCUT2D eigenvalue weighted by Gasteiger charge is -2.27. The second kappa shape index (κ2) is 6.66. The number of hydrogen-bond donors (Lipinski definition) is 0. The third-order valence-electron chi connectivity index (χ3n) is 3.33. The van der Waals surface area contributed by atoms with Crippen molar-refractivity contribution in [3.05, 3.63) is 0 Å². The van der Waals surface area contributed by atoms with Crippen LogP contribution in [0.15, 0.2) is 0 Å². The van der Waals surface area contributed by atoms with Gasteiger partial charge in [0.2, 0.25) is 0 Å². The van der Waals surface area contributed by atoms with Crippen LogP contribution in [0.4, 0.5) is 0 Å². The Bertz CT molecular complexity index is 189. The van der Waals surface area contributed by atoms with E-state index < -0.39 is 11.2 Å². The lowest BCUT2D eigenvalue weighted by atomic mass is 9.95. The zero-order chi connectivity index (χ0) is 13.7. The molecule has 0 heterocycles. The van der Waals surface area contributed by atoms with Crippen LogP contribution >= 0.6 is 0 Å². The van der Waals surface area contributed by atoms with Gasteiger partial charge in [-0.2, -0.15) is 9.78 Å². The summed E-state index contributed by atoms with van der Waals surface area (Å²) in [5.74, 6) is 0.554. The van der Waals surface area contributed by atoms with Gasteiger partial charge in [0.15, 0.2) is 0 Å². The first-order valence-electron chi connectivity index (χ1n) is 5.96. The maximum atomic E-state index is 5.04. The summed E-state index contributed by atoms with van der Waals surface area (Å²) in [7, 11) is 0. The standard InChI is InChI=1S/C12H26O5/c1-9(2)11(5,6)13-15-17-16-14-12(7,8)10(3)4/h9-10H,1-8H3. The highest BCUT2D eigenvalue weighted by Gasteiger charge is 2.27. The molecule has 0 radical (unpaired) electrons. The van der Waals surface area contributed by atoms with E-state index in [1.54, 1.807) is 0 Å². The molecule has 5 heteroatoms. The monoisotopic (exact) mass is 250 g/mol. The van der Waals surface area contributed by atoms with E-state index in [1.165, 1.54) is 0 Å². The van der Waals surface area contributed by atoms with Crippen LogP contribution in [0.1, 0.15) is 55.4 Å². The molecule has 17 heavy (non-hydrogen) atoms. The normalized spacial score (nSPS) is 13.8. The van der Waals surface area contributed by atoms with Crippen molar-refractivity contribution in [2.45, 2.75) is 66.6 Å². The van der Waals surface area contributed by atoms with Gasteiger partial charge in [-0.3, -0.25) is 0 Å². The molecule has 0 fully saturated rings. The molecule has 0 saturated heterocycles. The van der Waals surface area contributed by atoms with Gasteiger partial charge in [-0.1, -0.05) is 27.7 Å². The molecule has 104 valence electrons. The Kier molecular flexibility index (Phi) is 6.58. The van der Waals surface area contributed by atoms with E-state index in [-0.39, 0.29) is 11.8 Å². The van der Waals surface area contributed by atoms with Crippen molar-refractivity contribution in [2.75, 3.05) is 0 Å². The Labute approximate surface area is 104 Å². The molecule has 0 amide bonds. The number of hydrogen-bond acceptors (Lipinski definition) is 5. The number of rotatable bonds is 8. The second-order valence-electron chi connectivity index (χ2n) is 5.89. The quantitative estimate of drug-likeness (QED) is 0.374. The van der Waals surface area contributed by atoms with Crippen LogP contribution in [-0.4, -0.2) is 11.2 Å². The highest BCUT2D eigenvalue weighted by atomic mass is 17.8. The van der Waals surface area contributed by atoms with Crippen LogP contribution in [0.25, 0.3) is 0 Å². The Hall–Kier alpha value is -0.200. The van der Waals surface area contributed by atoms with E-state index in [1.807, 2.05) is 55.4 Å². The summed E-state index contributed by atoms with van der Waals surface area (Å²) in [5, 5.41) is 13.3. The lowest BCUT2D eigenvalue weighted by Crippen LogP contribution is -2.33. The third kappa shape index (κ3) is 6.33. The van der Waals surface area contributed by atoms with Gasteiger partial charge in [-0.25, -0.2) is 0 Å². The first-order valence-corrected chi connectivity index (χ1v) is 5.96. The molecule has 0 aromatic heterocycles. The zero-order valence-corrected chi connectivity index (χ0v) is 12.2. The van der Waals surface area contributed by atoms with Gasteiger partial charge in [0.25, 0.3) is 0 Å². The van der Waals surface area contributed by atoms with Crippen LogP contribution in [0.3, 0.4) is 0 Å². The summed E-state index contributed by atoms with van der Waals surface area (Å²) in [6.07, 6.45) is 0. The Morgan fingerprint density at radius 1 is 0.588 bits per heavy atom. The largest absolute Gasteiger partial charge is 0.197 e. The van der Waals surface area contributed by atoms with Gasteiger partial charge in [0.05, 0.1) is 0 Å². The fraction of sp³-hybridized carbons (Fsp3) is 1.00. The van der Waals surface area contributed by atoms with Gasteiger partial charge in [-0.05, 0) is 54.6 Å². The molecule has 0 aromatic carbocycles. The van der Waals surface area contributed by atoms with Crippen molar-refractivity contribution < 1.29 is 24.9 Å². The first-order chi connectivity index (χ1) is 7.59. The smallest absolute Gasteiger partial charge is 0.103 e. The molecule has 0 rings (SSSR count). The SMILES string of the molecule is CC(C)C(C)(C)OOOOOC(C)(C)C(C)C. The lowest BCUT2D eigenvalue weighted by molar-refractivity contribution is -0.728. The van der Waals surface area contributed by atoms with E-state index in [2.05, 4.69) is 15.1 Å². The highest BCUT2D eigenvalue weighted by Crippen LogP contribution is 2.22. The molecule has 0 unspecified atom stereocenters. The van der Waals surface area contributed by atoms with Crippen LogP contribution in [-0.2, 0) is 24.9 Å². The predicted molar refractivity (Wildman–Crippen MR) is 63.3 cm³/mol. The fourth-order valence-electron chi connectivity index (χ4n) is 0.407. The second-order valence-corrected chi connectivity index (χ2v) is 5.89. The molecule has 0 aliphatic heterocycles. The van der Waals surface area contributed by atoms with Gasteiger partial charge < -0.3 is 0 Å². The van der Waals surface area contributed by atoms with E-state index in [0.717, 1.165) is 0 Å². The van der Waals surface area contributed by atoms with Crippen molar-refractivity contribution in [1.29, 1.82) is 0 Å². The van der Waals surface area contributed by atoms with Crippen LogP contribution in [0, 0.1) is 11.8 Å². The molecule has 0 spiro atoms. The predicted octanol–water partition coefficient (Wildman–Crippen LogP) is 3.60. The van der Waals surface area contributed by atoms with E-state index in [9.17, 15) is 0 Å². The summed E-state index contributed by atoms with van der Waals surface area (Å²) >= 11 is 0. The zero-order valence-electron chi connectivity index (χ0n) is 12.2. The summed E-state index contributed by atoms with van der Waals surface area (Å²) in [6.45, 7) is 15.6. The molecular formula is C12H26O5. The van der Waals surface area contributed by atoms with Gasteiger partial charge >= 0.3 is 0 Å². The van der Waals surface area contributed by atoms with Crippen LogP contribution in [0.5, 0.6) is 0 Å². The van der Waals surface area contributed by atoms with E-state index in [4.69, 9.17) is 9.78 Å². The minimum absolute atomic E-state index is 0.277. The van der Waals surface area contributed by atoms with Crippen molar-refractivity contribution in [3.8, 4) is 0 Å². The minimum Gasteiger partial charge on any atom is -0.197 e. The molecule has 0 N–H and O–H groups in total. The van der Waals surface area contributed by atoms with Gasteiger partial charge in [0.1, 0.15) is 11.2 Å². The summed E-state index contributed by atoms with van der Waals surface area (Å²) in [5.41, 5.74) is -0.923. The molecule has 0 bridgehead atoms. The maximum absolute atomic E-state index is 5.04. The molecule has 0 aliphatic rings. The van der Waals surface area contributed by atoms with Crippen molar-refractivity contribution in [2.24, 2.45) is 11.8 Å². The first kappa shape index (κ1) is 16.8. The topological polar surface area (TPSA) is 46.2 Å². The van der Waals surface area contributed by atoms with Crippen molar-refractivity contribution in [1.82, 2.24) is 0 Å². The van der Waals surface area contributed by atoms with Crippen molar-refractivity contribution in [3.63, 3.8) is 0 Å². The molecule has 5 nitrogen and oxygen atoms in total. The molecule has 0 aromatic rings. The Morgan fingerprint density at radius 3 is 1.12 bits per heavy atom. The Balaban J connectivity index is 3.74. The van der Waals surface area contributed by atoms with Gasteiger partial charge in [-0.15, -0.1) is 0 Å². The average molecular weight is 250 g/mol. The maximum Gasteiger partial charge on any atom is 0.103 e. The van der Waals surface area contributed by atoms with Crippen molar-refractivity contribution >= 4 is 0 Å². The minimum atomic E-state index is -0.461. The fourth-order valence-corrected chi connectivity index (χ4v) is 0.407. The van der Waals surface area contributed by atoms with E-state index >= 15 is 0 Å². The average Bonchev–Trinajstić information content (AvgIpc) is 2.16. The molecular weight excluding hydrogens is 224 g/mol. The summed E-state index contributed by atoms with van der Waals surface area (Å²) < 4.78 is 0. The van der Waals surface area contributed by atoms with Gasteiger partial charge in [0, 0.05) is 0 Å². The summed E-state index contributed by atoms with van der Waals surface area (Å²) in [6, 6.07) is 0. The van der Waals surface area contributed by atoms with E-state index in [0.29, 0.717) is 0 Å². The molecule has 0 aliphatic carbocycles. The molecule has 0 atom stereocenters. The highest BCUT2D eigenvalue weighted by molar-refractivity contribution is 4.70. The third-order valence-corrected chi connectivity index (χ3v) is 3.33. The summed E-state index contributed by atoms with van der Waals surface area (Å²) in [4.78, 5) is 10.1.